The van der Waals surface area contributed by atoms with Gasteiger partial charge in [-0.1, -0.05) is 23.4 Å². The predicted octanol–water partition coefficient (Wildman–Crippen LogP) is 4.04. The van der Waals surface area contributed by atoms with Crippen LogP contribution in [0.4, 0.5) is 26.3 Å². The molecule has 1 aromatic heterocycles. The van der Waals surface area contributed by atoms with Gasteiger partial charge in [0.1, 0.15) is 12.2 Å². The molecule has 2 aliphatic heterocycles. The molecule has 0 fully saturated rings. The summed E-state index contributed by atoms with van der Waals surface area (Å²) in [6.45, 7) is -0.498. The van der Waals surface area contributed by atoms with E-state index in [1.54, 1.807) is 6.92 Å². The number of carbonyl (C=O) groups excluding carboxylic acids is 1. The molecule has 3 heterocycles. The van der Waals surface area contributed by atoms with Crippen molar-refractivity contribution in [1.82, 2.24) is 19.6 Å². The second-order valence-corrected chi connectivity index (χ2v) is 7.50. The molecule has 2 aliphatic rings. The van der Waals surface area contributed by atoms with E-state index in [-0.39, 0.29) is 5.70 Å². The second-order valence-electron chi connectivity index (χ2n) is 5.82. The number of halogens is 7. The van der Waals surface area contributed by atoms with Gasteiger partial charge in [0.05, 0.1) is 6.54 Å². The Morgan fingerprint density at radius 2 is 1.93 bits per heavy atom. The lowest BCUT2D eigenvalue weighted by molar-refractivity contribution is -0.153. The molecule has 0 radical (unpaired) electrons. The van der Waals surface area contributed by atoms with Crippen molar-refractivity contribution < 1.29 is 31.1 Å². The van der Waals surface area contributed by atoms with E-state index in [0.29, 0.717) is 15.7 Å². The van der Waals surface area contributed by atoms with Crippen molar-refractivity contribution in [3.63, 3.8) is 0 Å². The highest BCUT2D eigenvalue weighted by Crippen LogP contribution is 2.41. The number of hydrogen-bond donors (Lipinski definition) is 0. The summed E-state index contributed by atoms with van der Waals surface area (Å²) in [6.07, 6.45) is -7.15. The quantitative estimate of drug-likeness (QED) is 0.676. The van der Waals surface area contributed by atoms with E-state index in [1.165, 1.54) is 6.20 Å². The van der Waals surface area contributed by atoms with Crippen LogP contribution in [0.15, 0.2) is 28.9 Å². The average molecular weight is 433 g/mol. The molecule has 0 saturated carbocycles. The van der Waals surface area contributed by atoms with E-state index in [9.17, 15) is 31.1 Å². The van der Waals surface area contributed by atoms with Crippen molar-refractivity contribution in [2.24, 2.45) is 0 Å². The normalized spacial score (nSPS) is 20.7. The van der Waals surface area contributed by atoms with Crippen molar-refractivity contribution in [2.75, 3.05) is 6.54 Å². The van der Waals surface area contributed by atoms with Crippen molar-refractivity contribution in [2.45, 2.75) is 31.3 Å². The molecule has 0 spiro atoms. The zero-order valence-electron chi connectivity index (χ0n) is 13.5. The van der Waals surface area contributed by atoms with E-state index >= 15 is 0 Å². The number of nitrogens with zero attached hydrogens (tertiary/aromatic N) is 4. The lowest BCUT2D eigenvalue weighted by Crippen LogP contribution is -2.51. The van der Waals surface area contributed by atoms with Gasteiger partial charge in [-0.3, -0.25) is 14.4 Å². The fourth-order valence-corrected chi connectivity index (χ4v) is 4.06. The first-order valence-corrected chi connectivity index (χ1v) is 8.63. The molecule has 1 atom stereocenters. The Kier molecular flexibility index (Phi) is 4.91. The van der Waals surface area contributed by atoms with Crippen LogP contribution in [0.1, 0.15) is 12.6 Å². The SMILES string of the molecule is CC1=CN2C(=O)C=C(Cn3nc(Cl)cc3C(F)(F)F)N(CC(F)(F)F)C2S1. The summed E-state index contributed by atoms with van der Waals surface area (Å²) < 4.78 is 78.9. The molecule has 0 N–H and O–H groups in total. The Balaban J connectivity index is 1.98. The van der Waals surface area contributed by atoms with Crippen molar-refractivity contribution in [3.8, 4) is 0 Å². The van der Waals surface area contributed by atoms with Crippen LogP contribution >= 0.6 is 23.4 Å². The molecular formula is C14H11ClF6N4OS. The van der Waals surface area contributed by atoms with E-state index in [1.807, 2.05) is 0 Å². The number of thioether (sulfide) groups is 1. The maximum Gasteiger partial charge on any atom is 0.433 e. The zero-order valence-corrected chi connectivity index (χ0v) is 15.0. The number of aromatic nitrogens is 2. The number of carbonyl (C=O) groups is 1. The summed E-state index contributed by atoms with van der Waals surface area (Å²) in [4.78, 5) is 14.8. The average Bonchev–Trinajstić information content (AvgIpc) is 3.05. The van der Waals surface area contributed by atoms with Crippen molar-refractivity contribution in [1.29, 1.82) is 0 Å². The van der Waals surface area contributed by atoms with Crippen LogP contribution in [0.3, 0.4) is 0 Å². The molecule has 148 valence electrons. The number of amides is 1. The maximum atomic E-state index is 13.1. The Morgan fingerprint density at radius 3 is 2.52 bits per heavy atom. The number of fused-ring (bicyclic) bond motifs is 1. The highest BCUT2D eigenvalue weighted by atomic mass is 35.5. The van der Waals surface area contributed by atoms with Crippen LogP contribution in [0, 0.1) is 0 Å². The summed E-state index contributed by atoms with van der Waals surface area (Å²) in [5.74, 6) is -0.621. The summed E-state index contributed by atoms with van der Waals surface area (Å²) >= 11 is 6.54. The fourth-order valence-electron chi connectivity index (χ4n) is 2.74. The minimum absolute atomic E-state index is 0.237. The van der Waals surface area contributed by atoms with E-state index in [4.69, 9.17) is 11.6 Å². The van der Waals surface area contributed by atoms with Crippen LogP contribution in [-0.2, 0) is 17.5 Å². The Morgan fingerprint density at radius 1 is 1.26 bits per heavy atom. The molecule has 0 bridgehead atoms. The van der Waals surface area contributed by atoms with E-state index < -0.39 is 47.7 Å². The highest BCUT2D eigenvalue weighted by Gasteiger charge is 2.44. The van der Waals surface area contributed by atoms with Gasteiger partial charge in [-0.2, -0.15) is 31.4 Å². The molecular weight excluding hydrogens is 422 g/mol. The second kappa shape index (κ2) is 6.66. The third-order valence-electron chi connectivity index (χ3n) is 3.73. The molecule has 1 unspecified atom stereocenters. The number of alkyl halides is 6. The smallest absolute Gasteiger partial charge is 0.334 e. The van der Waals surface area contributed by atoms with E-state index in [0.717, 1.165) is 27.6 Å². The van der Waals surface area contributed by atoms with Gasteiger partial charge < -0.3 is 4.90 Å². The lowest BCUT2D eigenvalue weighted by atomic mass is 10.2. The van der Waals surface area contributed by atoms with Crippen LogP contribution in [0.2, 0.25) is 5.15 Å². The fraction of sp³-hybridized carbons (Fsp3) is 0.429. The third-order valence-corrected chi connectivity index (χ3v) is 5.09. The minimum atomic E-state index is -4.81. The van der Waals surface area contributed by atoms with Crippen molar-refractivity contribution >= 4 is 29.3 Å². The largest absolute Gasteiger partial charge is 0.433 e. The van der Waals surface area contributed by atoms with Gasteiger partial charge >= 0.3 is 12.4 Å². The standard InChI is InChI=1S/C14H11ClF6N4OS/c1-7-4-23-11(26)2-8(24(12(23)27-7)6-13(16,17)18)5-25-9(14(19,20)21)3-10(15)22-25/h2-4,12H,5-6H2,1H3. The third kappa shape index (κ3) is 4.21. The molecule has 3 rings (SSSR count). The predicted molar refractivity (Wildman–Crippen MR) is 85.1 cm³/mol. The van der Waals surface area contributed by atoms with Gasteiger partial charge in [0, 0.05) is 28.9 Å². The maximum absolute atomic E-state index is 13.1. The number of hydrogen-bond acceptors (Lipinski definition) is 4. The molecule has 0 aromatic carbocycles. The Bertz CT molecular complexity index is 831. The first-order chi connectivity index (χ1) is 12.3. The molecule has 0 saturated heterocycles. The van der Waals surface area contributed by atoms with Gasteiger partial charge in [-0.15, -0.1) is 0 Å². The van der Waals surface area contributed by atoms with Gasteiger partial charge in [-0.25, -0.2) is 0 Å². The van der Waals surface area contributed by atoms with Gasteiger partial charge in [0.25, 0.3) is 5.91 Å². The summed E-state index contributed by atoms with van der Waals surface area (Å²) in [7, 11) is 0. The lowest BCUT2D eigenvalue weighted by Gasteiger charge is -2.40. The van der Waals surface area contributed by atoms with Crippen LogP contribution < -0.4 is 0 Å². The monoisotopic (exact) mass is 432 g/mol. The van der Waals surface area contributed by atoms with Gasteiger partial charge in [0.15, 0.2) is 10.7 Å². The first-order valence-electron chi connectivity index (χ1n) is 7.37. The number of allylic oxidation sites excluding steroid dienone is 2. The van der Waals surface area contributed by atoms with Gasteiger partial charge in [-0.05, 0) is 6.92 Å². The first kappa shape index (κ1) is 19.9. The topological polar surface area (TPSA) is 41.4 Å². The molecule has 1 aromatic rings. The molecule has 13 heteroatoms. The zero-order chi connectivity index (χ0) is 20.1. The van der Waals surface area contributed by atoms with Crippen LogP contribution in [0.5, 0.6) is 0 Å². The van der Waals surface area contributed by atoms with E-state index in [2.05, 4.69) is 5.10 Å². The summed E-state index contributed by atoms with van der Waals surface area (Å²) in [5, 5.41) is 3.04. The molecule has 27 heavy (non-hydrogen) atoms. The molecule has 5 nitrogen and oxygen atoms in total. The van der Waals surface area contributed by atoms with Crippen LogP contribution in [-0.4, -0.2) is 43.7 Å². The highest BCUT2D eigenvalue weighted by molar-refractivity contribution is 8.03. The summed E-state index contributed by atoms with van der Waals surface area (Å²) in [5.41, 5.74) is -2.48. The minimum Gasteiger partial charge on any atom is -0.334 e. The molecule has 0 aliphatic carbocycles. The van der Waals surface area contributed by atoms with Crippen LogP contribution in [0.25, 0.3) is 0 Å². The Hall–Kier alpha value is -1.82. The number of rotatable bonds is 3. The molecule has 1 amide bonds. The van der Waals surface area contributed by atoms with Crippen molar-refractivity contribution in [3.05, 3.63) is 39.8 Å². The Labute approximate surface area is 158 Å². The summed E-state index contributed by atoms with van der Waals surface area (Å²) in [6, 6.07) is 0.573. The van der Waals surface area contributed by atoms with Gasteiger partial charge in [0.2, 0.25) is 0 Å².